The lowest BCUT2D eigenvalue weighted by molar-refractivity contribution is 0.0696. The second-order valence-electron chi connectivity index (χ2n) is 8.38. The Bertz CT molecular complexity index is 1170. The molecule has 9 nitrogen and oxygen atoms in total. The highest BCUT2D eigenvalue weighted by molar-refractivity contribution is 6.31. The van der Waals surface area contributed by atoms with Crippen LogP contribution in [0.3, 0.4) is 0 Å². The predicted molar refractivity (Wildman–Crippen MR) is 134 cm³/mol. The summed E-state index contributed by atoms with van der Waals surface area (Å²) < 4.78 is 0. The molecule has 0 aliphatic carbocycles. The van der Waals surface area contributed by atoms with Crippen molar-refractivity contribution < 1.29 is 9.90 Å². The fourth-order valence-corrected chi connectivity index (χ4v) is 3.88. The van der Waals surface area contributed by atoms with E-state index in [9.17, 15) is 9.90 Å². The highest BCUT2D eigenvalue weighted by atomic mass is 35.5. The van der Waals surface area contributed by atoms with Crippen LogP contribution in [-0.2, 0) is 0 Å². The first-order valence-corrected chi connectivity index (χ1v) is 11.5. The molecular formula is C24H28ClN7O2. The molecule has 1 aliphatic rings. The molecule has 1 fully saturated rings. The lowest BCUT2D eigenvalue weighted by atomic mass is 10.1. The zero-order valence-electron chi connectivity index (χ0n) is 19.3. The SMILES string of the molecule is Cc1ccc(Nc2ncc(-c3cncc(C(=O)O)c3)c(NCCN3CCN(C)CC3)n2)cc1Cl. The number of aromatic carboxylic acids is 1. The van der Waals surface area contributed by atoms with Crippen LogP contribution in [0.25, 0.3) is 11.1 Å². The zero-order valence-corrected chi connectivity index (χ0v) is 20.0. The molecule has 0 radical (unpaired) electrons. The minimum absolute atomic E-state index is 0.109. The van der Waals surface area contributed by atoms with Gasteiger partial charge in [-0.25, -0.2) is 9.78 Å². The maximum atomic E-state index is 11.4. The summed E-state index contributed by atoms with van der Waals surface area (Å²) >= 11 is 6.25. The number of nitrogens with one attached hydrogen (secondary N) is 2. The maximum absolute atomic E-state index is 11.4. The first kappa shape index (κ1) is 23.9. The second kappa shape index (κ2) is 10.8. The summed E-state index contributed by atoms with van der Waals surface area (Å²) in [5.41, 5.74) is 3.19. The van der Waals surface area contributed by atoms with E-state index in [1.807, 2.05) is 25.1 Å². The third kappa shape index (κ3) is 5.99. The van der Waals surface area contributed by atoms with Gasteiger partial charge in [0.2, 0.25) is 5.95 Å². The van der Waals surface area contributed by atoms with E-state index in [0.717, 1.165) is 44.0 Å². The molecule has 2 aromatic heterocycles. The second-order valence-corrected chi connectivity index (χ2v) is 8.79. The van der Waals surface area contributed by atoms with Gasteiger partial charge in [0.15, 0.2) is 0 Å². The minimum atomic E-state index is -1.03. The van der Waals surface area contributed by atoms with E-state index in [2.05, 4.69) is 42.4 Å². The van der Waals surface area contributed by atoms with Gasteiger partial charge in [-0.15, -0.1) is 0 Å². The van der Waals surface area contributed by atoms with Gasteiger partial charge in [0.1, 0.15) is 5.82 Å². The van der Waals surface area contributed by atoms with Crippen LogP contribution in [0.15, 0.2) is 42.9 Å². The molecule has 34 heavy (non-hydrogen) atoms. The summed E-state index contributed by atoms with van der Waals surface area (Å²) in [5.74, 6) is -0.0170. The summed E-state index contributed by atoms with van der Waals surface area (Å²) in [6.45, 7) is 7.68. The van der Waals surface area contributed by atoms with Crippen LogP contribution in [0, 0.1) is 6.92 Å². The number of anilines is 3. The number of likely N-dealkylation sites (N-methyl/N-ethyl adjacent to an activating group) is 1. The Morgan fingerprint density at radius 2 is 1.94 bits per heavy atom. The fraction of sp³-hybridized carbons (Fsp3) is 0.333. The largest absolute Gasteiger partial charge is 0.478 e. The van der Waals surface area contributed by atoms with Crippen LogP contribution in [0.1, 0.15) is 15.9 Å². The number of rotatable bonds is 8. The Labute approximate surface area is 203 Å². The fourth-order valence-electron chi connectivity index (χ4n) is 3.70. The molecule has 0 spiro atoms. The molecular weight excluding hydrogens is 454 g/mol. The molecule has 0 unspecified atom stereocenters. The van der Waals surface area contributed by atoms with Gasteiger partial charge in [-0.1, -0.05) is 17.7 Å². The van der Waals surface area contributed by atoms with Gasteiger partial charge in [-0.3, -0.25) is 9.88 Å². The van der Waals surface area contributed by atoms with Crippen molar-refractivity contribution in [2.24, 2.45) is 0 Å². The molecule has 178 valence electrons. The number of piperazine rings is 1. The van der Waals surface area contributed by atoms with Crippen LogP contribution in [0.5, 0.6) is 0 Å². The molecule has 3 heterocycles. The number of carboxylic acid groups (broad SMARTS) is 1. The normalized spacial score (nSPS) is 14.7. The van der Waals surface area contributed by atoms with Crippen LogP contribution >= 0.6 is 11.6 Å². The van der Waals surface area contributed by atoms with Crippen molar-refractivity contribution in [3.8, 4) is 11.1 Å². The molecule has 0 bridgehead atoms. The lowest BCUT2D eigenvalue weighted by Gasteiger charge is -2.32. The van der Waals surface area contributed by atoms with Gasteiger partial charge in [0.25, 0.3) is 0 Å². The first-order valence-electron chi connectivity index (χ1n) is 11.1. The van der Waals surface area contributed by atoms with Crippen LogP contribution in [0.2, 0.25) is 5.02 Å². The number of hydrogen-bond acceptors (Lipinski definition) is 8. The molecule has 3 N–H and O–H groups in total. The van der Waals surface area contributed by atoms with Crippen molar-refractivity contribution in [2.45, 2.75) is 6.92 Å². The predicted octanol–water partition coefficient (Wildman–Crippen LogP) is 3.60. The average Bonchev–Trinajstić information content (AvgIpc) is 2.83. The molecule has 4 rings (SSSR count). The number of benzene rings is 1. The minimum Gasteiger partial charge on any atom is -0.478 e. The zero-order chi connectivity index (χ0) is 24.1. The molecule has 0 atom stereocenters. The number of nitrogens with zero attached hydrogens (tertiary/aromatic N) is 5. The molecule has 0 saturated carbocycles. The third-order valence-electron chi connectivity index (χ3n) is 5.83. The van der Waals surface area contributed by atoms with Crippen molar-refractivity contribution >= 4 is 35.0 Å². The van der Waals surface area contributed by atoms with E-state index in [1.165, 1.54) is 6.20 Å². The van der Waals surface area contributed by atoms with Crippen molar-refractivity contribution in [3.05, 3.63) is 59.0 Å². The van der Waals surface area contributed by atoms with Gasteiger partial charge in [0.05, 0.1) is 5.56 Å². The highest BCUT2D eigenvalue weighted by Gasteiger charge is 2.15. The van der Waals surface area contributed by atoms with Crippen molar-refractivity contribution in [1.82, 2.24) is 24.8 Å². The quantitative estimate of drug-likeness (QED) is 0.444. The highest BCUT2D eigenvalue weighted by Crippen LogP contribution is 2.28. The Hall–Kier alpha value is -3.27. The Morgan fingerprint density at radius 3 is 2.68 bits per heavy atom. The van der Waals surface area contributed by atoms with E-state index in [1.54, 1.807) is 18.5 Å². The topological polar surface area (TPSA) is 107 Å². The molecule has 1 aromatic carbocycles. The Kier molecular flexibility index (Phi) is 7.56. The molecule has 10 heteroatoms. The summed E-state index contributed by atoms with van der Waals surface area (Å²) in [4.78, 5) is 29.4. The summed E-state index contributed by atoms with van der Waals surface area (Å²) in [6.07, 6.45) is 4.61. The van der Waals surface area contributed by atoms with E-state index < -0.39 is 5.97 Å². The number of hydrogen-bond donors (Lipinski definition) is 3. The van der Waals surface area contributed by atoms with Gasteiger partial charge in [-0.2, -0.15) is 4.98 Å². The van der Waals surface area contributed by atoms with Gasteiger partial charge < -0.3 is 20.6 Å². The lowest BCUT2D eigenvalue weighted by Crippen LogP contribution is -2.45. The monoisotopic (exact) mass is 481 g/mol. The third-order valence-corrected chi connectivity index (χ3v) is 6.24. The number of pyridine rings is 1. The summed E-state index contributed by atoms with van der Waals surface area (Å²) in [6, 6.07) is 7.25. The molecule has 0 amide bonds. The van der Waals surface area contributed by atoms with Crippen LogP contribution in [0.4, 0.5) is 17.5 Å². The average molecular weight is 482 g/mol. The van der Waals surface area contributed by atoms with Crippen molar-refractivity contribution in [1.29, 1.82) is 0 Å². The number of aromatic nitrogens is 3. The van der Waals surface area contributed by atoms with Crippen molar-refractivity contribution in [3.63, 3.8) is 0 Å². The van der Waals surface area contributed by atoms with Crippen LogP contribution < -0.4 is 10.6 Å². The molecule has 1 aliphatic heterocycles. The summed E-state index contributed by atoms with van der Waals surface area (Å²) in [7, 11) is 2.14. The van der Waals surface area contributed by atoms with Crippen molar-refractivity contribution in [2.75, 3.05) is 56.9 Å². The van der Waals surface area contributed by atoms with Crippen LogP contribution in [-0.4, -0.2) is 82.1 Å². The Morgan fingerprint density at radius 1 is 1.15 bits per heavy atom. The van der Waals surface area contributed by atoms with Gasteiger partial charge >= 0.3 is 5.97 Å². The van der Waals surface area contributed by atoms with E-state index in [-0.39, 0.29) is 5.56 Å². The number of aryl methyl sites for hydroxylation is 1. The first-order chi connectivity index (χ1) is 16.4. The molecule has 1 saturated heterocycles. The molecule has 3 aromatic rings. The summed E-state index contributed by atoms with van der Waals surface area (Å²) in [5, 5.41) is 16.6. The van der Waals surface area contributed by atoms with E-state index in [4.69, 9.17) is 11.6 Å². The number of carboxylic acids is 1. The smallest absolute Gasteiger partial charge is 0.337 e. The van der Waals surface area contributed by atoms with Gasteiger partial charge in [-0.05, 0) is 37.7 Å². The van der Waals surface area contributed by atoms with E-state index >= 15 is 0 Å². The number of carbonyl (C=O) groups is 1. The standard InChI is InChI=1S/C24H28ClN7O2/c1-16-3-4-19(12-21(16)25)29-24-28-15-20(17-11-18(23(33)34)14-26-13-17)22(30-24)27-5-6-32-9-7-31(2)8-10-32/h3-4,11-15H,5-10H2,1-2H3,(H,33,34)(H2,27,28,29,30). The van der Waals surface area contributed by atoms with E-state index in [0.29, 0.717) is 34.5 Å². The Balaban J connectivity index is 1.57. The number of halogens is 1. The van der Waals surface area contributed by atoms with Gasteiger partial charge in [0, 0.05) is 79.7 Å². The maximum Gasteiger partial charge on any atom is 0.337 e.